The summed E-state index contributed by atoms with van der Waals surface area (Å²) in [4.78, 5) is 27.4. The molecular weight excluding hydrogens is 306 g/mol. The van der Waals surface area contributed by atoms with Crippen molar-refractivity contribution in [2.45, 2.75) is 32.5 Å². The van der Waals surface area contributed by atoms with Gasteiger partial charge in [-0.15, -0.1) is 0 Å². The third-order valence-electron chi connectivity index (χ3n) is 4.50. The molecule has 24 heavy (non-hydrogen) atoms. The van der Waals surface area contributed by atoms with E-state index in [2.05, 4.69) is 40.5 Å². The lowest BCUT2D eigenvalue weighted by Gasteiger charge is -2.42. The minimum atomic E-state index is -0.192. The van der Waals surface area contributed by atoms with Crippen LogP contribution >= 0.6 is 0 Å². The monoisotopic (exact) mass is 333 g/mol. The standard InChI is InChI=1S/C17H27N5O2/c1-14-11-20(13-17(2,3)24-14)12-16(23)22-8-6-21(7-9-22)15-10-18-4-5-19-15/h4-5,10,14H,6-9,11-13H2,1-3H3. The Labute approximate surface area is 143 Å². The van der Waals surface area contributed by atoms with E-state index >= 15 is 0 Å². The summed E-state index contributed by atoms with van der Waals surface area (Å²) in [5.41, 5.74) is -0.192. The minimum Gasteiger partial charge on any atom is -0.370 e. The normalized spacial score (nSPS) is 24.9. The SMILES string of the molecule is CC1CN(CC(=O)N2CCN(c3cnccn3)CC2)CC(C)(C)O1. The lowest BCUT2D eigenvalue weighted by atomic mass is 10.1. The number of carbonyl (C=O) groups excluding carboxylic acids is 1. The first kappa shape index (κ1) is 17.1. The van der Waals surface area contributed by atoms with E-state index in [1.165, 1.54) is 0 Å². The van der Waals surface area contributed by atoms with Crippen molar-refractivity contribution in [1.29, 1.82) is 0 Å². The topological polar surface area (TPSA) is 61.8 Å². The molecule has 1 amide bonds. The number of rotatable bonds is 3. The van der Waals surface area contributed by atoms with Crippen molar-refractivity contribution in [1.82, 2.24) is 19.8 Å². The molecule has 0 bridgehead atoms. The van der Waals surface area contributed by atoms with E-state index in [1.807, 2.05) is 4.90 Å². The first-order chi connectivity index (χ1) is 11.4. The van der Waals surface area contributed by atoms with E-state index in [9.17, 15) is 4.79 Å². The summed E-state index contributed by atoms with van der Waals surface area (Å²) < 4.78 is 5.91. The largest absolute Gasteiger partial charge is 0.370 e. The Bertz CT molecular complexity index is 557. The number of nitrogens with zero attached hydrogens (tertiary/aromatic N) is 5. The smallest absolute Gasteiger partial charge is 0.236 e. The molecule has 2 aliphatic heterocycles. The van der Waals surface area contributed by atoms with Crippen LogP contribution in [0.1, 0.15) is 20.8 Å². The van der Waals surface area contributed by atoms with Gasteiger partial charge in [-0.05, 0) is 20.8 Å². The molecule has 3 rings (SSSR count). The Morgan fingerprint density at radius 1 is 1.29 bits per heavy atom. The van der Waals surface area contributed by atoms with Crippen LogP contribution in [0.4, 0.5) is 5.82 Å². The molecular formula is C17H27N5O2. The van der Waals surface area contributed by atoms with E-state index in [4.69, 9.17) is 4.74 Å². The van der Waals surface area contributed by atoms with Crippen LogP contribution in [-0.4, -0.2) is 83.2 Å². The van der Waals surface area contributed by atoms with Crippen LogP contribution in [0.2, 0.25) is 0 Å². The molecule has 2 saturated heterocycles. The Balaban J connectivity index is 1.50. The summed E-state index contributed by atoms with van der Waals surface area (Å²) in [6.45, 7) is 11.4. The van der Waals surface area contributed by atoms with Crippen molar-refractivity contribution < 1.29 is 9.53 Å². The fourth-order valence-electron chi connectivity index (χ4n) is 3.64. The Kier molecular flexibility index (Phi) is 5.01. The number of hydrogen-bond acceptors (Lipinski definition) is 6. The van der Waals surface area contributed by atoms with Gasteiger partial charge in [0, 0.05) is 51.7 Å². The molecule has 1 atom stereocenters. The summed E-state index contributed by atoms with van der Waals surface area (Å²) in [5.74, 6) is 1.09. The first-order valence-electron chi connectivity index (χ1n) is 8.62. The molecule has 0 aliphatic carbocycles. The maximum Gasteiger partial charge on any atom is 0.236 e. The quantitative estimate of drug-likeness (QED) is 0.808. The number of hydrogen-bond donors (Lipinski definition) is 0. The average Bonchev–Trinajstić information content (AvgIpc) is 2.54. The van der Waals surface area contributed by atoms with Crippen molar-refractivity contribution >= 4 is 11.7 Å². The lowest BCUT2D eigenvalue weighted by molar-refractivity contribution is -0.145. The van der Waals surface area contributed by atoms with Gasteiger partial charge in [-0.3, -0.25) is 14.7 Å². The predicted octanol–water partition coefficient (Wildman–Crippen LogP) is 0.625. The Morgan fingerprint density at radius 3 is 2.67 bits per heavy atom. The summed E-state index contributed by atoms with van der Waals surface area (Å²) in [7, 11) is 0. The molecule has 1 aromatic heterocycles. The highest BCUT2D eigenvalue weighted by Crippen LogP contribution is 2.21. The van der Waals surface area contributed by atoms with Crippen LogP contribution in [0.5, 0.6) is 0 Å². The molecule has 3 heterocycles. The van der Waals surface area contributed by atoms with Gasteiger partial charge in [0.2, 0.25) is 5.91 Å². The van der Waals surface area contributed by atoms with Gasteiger partial charge in [0.05, 0.1) is 24.4 Å². The molecule has 0 spiro atoms. The van der Waals surface area contributed by atoms with Gasteiger partial charge in [-0.2, -0.15) is 0 Å². The van der Waals surface area contributed by atoms with Gasteiger partial charge >= 0.3 is 0 Å². The van der Waals surface area contributed by atoms with Gasteiger partial charge in [-0.1, -0.05) is 0 Å². The lowest BCUT2D eigenvalue weighted by Crippen LogP contribution is -2.56. The van der Waals surface area contributed by atoms with Crippen LogP contribution in [0.15, 0.2) is 18.6 Å². The van der Waals surface area contributed by atoms with E-state index in [1.54, 1.807) is 18.6 Å². The molecule has 2 aliphatic rings. The molecule has 1 aromatic rings. The van der Waals surface area contributed by atoms with Gasteiger partial charge < -0.3 is 14.5 Å². The highest BCUT2D eigenvalue weighted by molar-refractivity contribution is 5.78. The molecule has 2 fully saturated rings. The zero-order valence-electron chi connectivity index (χ0n) is 14.8. The van der Waals surface area contributed by atoms with Gasteiger partial charge in [-0.25, -0.2) is 4.98 Å². The molecule has 7 heteroatoms. The molecule has 0 aromatic carbocycles. The van der Waals surface area contributed by atoms with E-state index in [0.717, 1.165) is 45.1 Å². The maximum absolute atomic E-state index is 12.6. The maximum atomic E-state index is 12.6. The first-order valence-corrected chi connectivity index (χ1v) is 8.62. The van der Waals surface area contributed by atoms with Crippen LogP contribution in [0.25, 0.3) is 0 Å². The molecule has 0 radical (unpaired) electrons. The van der Waals surface area contributed by atoms with Crippen molar-refractivity contribution in [3.05, 3.63) is 18.6 Å². The third-order valence-corrected chi connectivity index (χ3v) is 4.50. The van der Waals surface area contributed by atoms with Crippen LogP contribution < -0.4 is 4.90 Å². The van der Waals surface area contributed by atoms with Crippen LogP contribution in [0.3, 0.4) is 0 Å². The summed E-state index contributed by atoms with van der Waals surface area (Å²) in [6.07, 6.45) is 5.31. The minimum absolute atomic E-state index is 0.162. The van der Waals surface area contributed by atoms with Crippen LogP contribution in [0, 0.1) is 0 Å². The molecule has 0 saturated carbocycles. The second-order valence-electron chi connectivity index (χ2n) is 7.29. The van der Waals surface area contributed by atoms with Gasteiger partial charge in [0.25, 0.3) is 0 Å². The zero-order valence-corrected chi connectivity index (χ0v) is 14.8. The Morgan fingerprint density at radius 2 is 2.04 bits per heavy atom. The summed E-state index contributed by atoms with van der Waals surface area (Å²) >= 11 is 0. The van der Waals surface area contributed by atoms with Crippen LogP contribution in [-0.2, 0) is 9.53 Å². The fourth-order valence-corrected chi connectivity index (χ4v) is 3.64. The predicted molar refractivity (Wildman–Crippen MR) is 91.9 cm³/mol. The highest BCUT2D eigenvalue weighted by atomic mass is 16.5. The van der Waals surface area contributed by atoms with Gasteiger partial charge in [0.1, 0.15) is 5.82 Å². The molecule has 1 unspecified atom stereocenters. The molecule has 132 valence electrons. The average molecular weight is 333 g/mol. The van der Waals surface area contributed by atoms with Crippen molar-refractivity contribution in [2.24, 2.45) is 0 Å². The number of carbonyl (C=O) groups is 1. The van der Waals surface area contributed by atoms with Crippen molar-refractivity contribution in [2.75, 3.05) is 50.7 Å². The van der Waals surface area contributed by atoms with E-state index < -0.39 is 0 Å². The number of anilines is 1. The number of aromatic nitrogens is 2. The number of amides is 1. The van der Waals surface area contributed by atoms with E-state index in [0.29, 0.717) is 6.54 Å². The molecule has 0 N–H and O–H groups in total. The van der Waals surface area contributed by atoms with Gasteiger partial charge in [0.15, 0.2) is 0 Å². The highest BCUT2D eigenvalue weighted by Gasteiger charge is 2.33. The third kappa shape index (κ3) is 4.21. The number of morpholine rings is 1. The molecule has 7 nitrogen and oxygen atoms in total. The number of piperazine rings is 1. The summed E-state index contributed by atoms with van der Waals surface area (Å²) in [5, 5.41) is 0. The van der Waals surface area contributed by atoms with Crippen molar-refractivity contribution in [3.63, 3.8) is 0 Å². The second kappa shape index (κ2) is 7.03. The van der Waals surface area contributed by atoms with Crippen molar-refractivity contribution in [3.8, 4) is 0 Å². The number of ether oxygens (including phenoxy) is 1. The second-order valence-corrected chi connectivity index (χ2v) is 7.29. The fraction of sp³-hybridized carbons (Fsp3) is 0.706. The zero-order chi connectivity index (χ0) is 17.2. The van der Waals surface area contributed by atoms with E-state index in [-0.39, 0.29) is 17.6 Å². The Hall–Kier alpha value is -1.73. The summed E-state index contributed by atoms with van der Waals surface area (Å²) in [6, 6.07) is 0.